The first-order valence-corrected chi connectivity index (χ1v) is 8.72. The van der Waals surface area contributed by atoms with E-state index in [9.17, 15) is 13.2 Å². The van der Waals surface area contributed by atoms with Crippen molar-refractivity contribution in [3.63, 3.8) is 0 Å². The molecule has 0 aliphatic heterocycles. The van der Waals surface area contributed by atoms with Crippen LogP contribution < -0.4 is 4.72 Å². The SMILES string of the molecule is COC(=O)CCCS(=O)(=O)NC1CCCCC1Br. The first kappa shape index (κ1) is 15.9. The maximum atomic E-state index is 11.8. The van der Waals surface area contributed by atoms with Crippen LogP contribution in [0.3, 0.4) is 0 Å². The smallest absolute Gasteiger partial charge is 0.305 e. The maximum Gasteiger partial charge on any atom is 0.305 e. The molecule has 18 heavy (non-hydrogen) atoms. The maximum absolute atomic E-state index is 11.8. The van der Waals surface area contributed by atoms with Crippen molar-refractivity contribution >= 4 is 31.9 Å². The predicted molar refractivity (Wildman–Crippen MR) is 73.1 cm³/mol. The highest BCUT2D eigenvalue weighted by molar-refractivity contribution is 9.09. The van der Waals surface area contributed by atoms with Gasteiger partial charge < -0.3 is 4.74 Å². The molecule has 0 bridgehead atoms. The number of carbonyl (C=O) groups is 1. The molecule has 1 saturated carbocycles. The Morgan fingerprint density at radius 2 is 2.06 bits per heavy atom. The highest BCUT2D eigenvalue weighted by Crippen LogP contribution is 2.25. The third kappa shape index (κ3) is 5.67. The van der Waals surface area contributed by atoms with E-state index in [2.05, 4.69) is 25.4 Å². The molecule has 2 atom stereocenters. The third-order valence-corrected chi connectivity index (χ3v) is 5.62. The Hall–Kier alpha value is -0.140. The van der Waals surface area contributed by atoms with Crippen LogP contribution in [0.1, 0.15) is 38.5 Å². The summed E-state index contributed by atoms with van der Waals surface area (Å²) < 4.78 is 30.8. The lowest BCUT2D eigenvalue weighted by Gasteiger charge is -2.27. The Bertz CT molecular complexity index is 371. The fourth-order valence-electron chi connectivity index (χ4n) is 2.02. The standard InChI is InChI=1S/C11H20BrNO4S/c1-17-11(14)7-4-8-18(15,16)13-10-6-3-2-5-9(10)12/h9-10,13H,2-8H2,1H3. The lowest BCUT2D eigenvalue weighted by Crippen LogP contribution is -2.43. The van der Waals surface area contributed by atoms with Crippen molar-refractivity contribution in [1.29, 1.82) is 0 Å². The third-order valence-electron chi connectivity index (χ3n) is 3.03. The number of esters is 1. The molecule has 0 radical (unpaired) electrons. The number of halogens is 1. The van der Waals surface area contributed by atoms with Gasteiger partial charge in [0.15, 0.2) is 0 Å². The number of sulfonamides is 1. The van der Waals surface area contributed by atoms with Crippen LogP contribution in [-0.4, -0.2) is 38.1 Å². The van der Waals surface area contributed by atoms with Gasteiger partial charge in [-0.1, -0.05) is 28.8 Å². The van der Waals surface area contributed by atoms with Crippen molar-refractivity contribution in [2.75, 3.05) is 12.9 Å². The predicted octanol–water partition coefficient (Wildman–Crippen LogP) is 1.57. The number of rotatable bonds is 6. The number of ether oxygens (including phenoxy) is 1. The minimum absolute atomic E-state index is 0.0260. The lowest BCUT2D eigenvalue weighted by molar-refractivity contribution is -0.140. The Balaban J connectivity index is 2.36. The molecule has 0 heterocycles. The molecular formula is C11H20BrNO4S. The molecule has 0 aromatic carbocycles. The van der Waals surface area contributed by atoms with Gasteiger partial charge in [-0.2, -0.15) is 0 Å². The van der Waals surface area contributed by atoms with Gasteiger partial charge in [0.2, 0.25) is 10.0 Å². The van der Waals surface area contributed by atoms with E-state index in [4.69, 9.17) is 0 Å². The van der Waals surface area contributed by atoms with Gasteiger partial charge in [-0.3, -0.25) is 4.79 Å². The molecule has 1 aliphatic rings. The summed E-state index contributed by atoms with van der Waals surface area (Å²) in [6.07, 6.45) is 4.48. The first-order chi connectivity index (χ1) is 8.44. The zero-order valence-corrected chi connectivity index (χ0v) is 12.9. The topological polar surface area (TPSA) is 72.5 Å². The average molecular weight is 342 g/mol. The summed E-state index contributed by atoms with van der Waals surface area (Å²) in [5.74, 6) is -0.403. The van der Waals surface area contributed by atoms with Crippen LogP contribution in [0, 0.1) is 0 Å². The number of hydrogen-bond donors (Lipinski definition) is 1. The largest absolute Gasteiger partial charge is 0.469 e. The lowest BCUT2D eigenvalue weighted by atomic mass is 9.96. The molecule has 0 aromatic rings. The molecular weight excluding hydrogens is 322 g/mol. The minimum Gasteiger partial charge on any atom is -0.469 e. The Morgan fingerprint density at radius 3 is 2.67 bits per heavy atom. The van der Waals surface area contributed by atoms with E-state index >= 15 is 0 Å². The van der Waals surface area contributed by atoms with Gasteiger partial charge in [-0.25, -0.2) is 13.1 Å². The summed E-state index contributed by atoms with van der Waals surface area (Å²) in [6, 6.07) is -0.0260. The summed E-state index contributed by atoms with van der Waals surface area (Å²) in [5.41, 5.74) is 0. The summed E-state index contributed by atoms with van der Waals surface area (Å²) >= 11 is 3.51. The van der Waals surface area contributed by atoms with Crippen molar-refractivity contribution in [2.24, 2.45) is 0 Å². The number of carbonyl (C=O) groups excluding carboxylic acids is 1. The van der Waals surface area contributed by atoms with Crippen molar-refractivity contribution in [2.45, 2.75) is 49.4 Å². The van der Waals surface area contributed by atoms with Crippen molar-refractivity contribution in [3.05, 3.63) is 0 Å². The van der Waals surface area contributed by atoms with E-state index in [1.807, 2.05) is 0 Å². The van der Waals surface area contributed by atoms with Crippen LogP contribution in [0.15, 0.2) is 0 Å². The highest BCUT2D eigenvalue weighted by Gasteiger charge is 2.26. The Kier molecular flexibility index (Phi) is 6.59. The molecule has 0 aromatic heterocycles. The molecule has 0 saturated heterocycles. The zero-order valence-electron chi connectivity index (χ0n) is 10.5. The number of hydrogen-bond acceptors (Lipinski definition) is 4. The summed E-state index contributed by atoms with van der Waals surface area (Å²) in [7, 11) is -2.01. The van der Waals surface area contributed by atoms with E-state index in [1.54, 1.807) is 0 Å². The molecule has 1 fully saturated rings. The van der Waals surface area contributed by atoms with Crippen molar-refractivity contribution in [1.82, 2.24) is 4.72 Å². The number of methoxy groups -OCH3 is 1. The normalized spacial score (nSPS) is 24.8. The van der Waals surface area contributed by atoms with E-state index < -0.39 is 10.0 Å². The number of nitrogens with one attached hydrogen (secondary N) is 1. The van der Waals surface area contributed by atoms with Gasteiger partial charge in [-0.15, -0.1) is 0 Å². The fourth-order valence-corrected chi connectivity index (χ4v) is 4.30. The Labute approximate surface area is 117 Å². The van der Waals surface area contributed by atoms with Crippen LogP contribution >= 0.6 is 15.9 Å². The molecule has 7 heteroatoms. The second-order valence-corrected chi connectivity index (χ2v) is 7.57. The summed E-state index contributed by atoms with van der Waals surface area (Å²) in [5, 5.41) is 0. The number of alkyl halides is 1. The minimum atomic E-state index is -3.31. The van der Waals surface area contributed by atoms with Gasteiger partial charge >= 0.3 is 5.97 Å². The van der Waals surface area contributed by atoms with E-state index in [0.717, 1.165) is 25.7 Å². The van der Waals surface area contributed by atoms with E-state index in [0.29, 0.717) is 6.42 Å². The molecule has 106 valence electrons. The van der Waals surface area contributed by atoms with Crippen molar-refractivity contribution < 1.29 is 17.9 Å². The molecule has 0 amide bonds. The first-order valence-electron chi connectivity index (χ1n) is 6.15. The van der Waals surface area contributed by atoms with E-state index in [1.165, 1.54) is 7.11 Å². The van der Waals surface area contributed by atoms with Gasteiger partial charge in [0.05, 0.1) is 12.9 Å². The quantitative estimate of drug-likeness (QED) is 0.587. The fraction of sp³-hybridized carbons (Fsp3) is 0.909. The van der Waals surface area contributed by atoms with Gasteiger partial charge in [0, 0.05) is 17.3 Å². The molecule has 0 spiro atoms. The Morgan fingerprint density at radius 1 is 1.39 bits per heavy atom. The van der Waals surface area contributed by atoms with Crippen molar-refractivity contribution in [3.8, 4) is 0 Å². The average Bonchev–Trinajstić information content (AvgIpc) is 2.31. The van der Waals surface area contributed by atoms with Gasteiger partial charge in [0.25, 0.3) is 0 Å². The summed E-state index contributed by atoms with van der Waals surface area (Å²) in [4.78, 5) is 11.1. The zero-order chi connectivity index (χ0) is 13.6. The van der Waals surface area contributed by atoms with E-state index in [-0.39, 0.29) is 29.0 Å². The molecule has 1 N–H and O–H groups in total. The van der Waals surface area contributed by atoms with Crippen LogP contribution in [0.4, 0.5) is 0 Å². The van der Waals surface area contributed by atoms with Gasteiger partial charge in [0.1, 0.15) is 0 Å². The molecule has 1 rings (SSSR count). The second kappa shape index (κ2) is 7.45. The molecule has 1 aliphatic carbocycles. The second-order valence-electron chi connectivity index (χ2n) is 4.52. The van der Waals surface area contributed by atoms with Crippen LogP contribution in [0.2, 0.25) is 0 Å². The van der Waals surface area contributed by atoms with Crippen LogP contribution in [0.5, 0.6) is 0 Å². The van der Waals surface area contributed by atoms with Gasteiger partial charge in [-0.05, 0) is 19.3 Å². The van der Waals surface area contributed by atoms with Crippen LogP contribution in [-0.2, 0) is 19.6 Å². The molecule has 2 unspecified atom stereocenters. The molecule has 5 nitrogen and oxygen atoms in total. The summed E-state index contributed by atoms with van der Waals surface area (Å²) in [6.45, 7) is 0. The highest BCUT2D eigenvalue weighted by atomic mass is 79.9. The monoisotopic (exact) mass is 341 g/mol. The van der Waals surface area contributed by atoms with Crippen LogP contribution in [0.25, 0.3) is 0 Å².